The molecule has 1 amide bonds. The maximum Gasteiger partial charge on any atom is 0.346 e. The second-order valence-electron chi connectivity index (χ2n) is 4.41. The van der Waals surface area contributed by atoms with Crippen LogP contribution in [0.2, 0.25) is 0 Å². The Hall–Kier alpha value is -1.16. The quantitative estimate of drug-likeness (QED) is 0.717. The lowest BCUT2D eigenvalue weighted by molar-refractivity contribution is 0.203. The van der Waals surface area contributed by atoms with E-state index in [4.69, 9.17) is 23.2 Å². The number of carbonyl (C=O) groups is 1. The molecule has 1 aromatic heterocycles. The molecule has 1 rings (SSSR count). The van der Waals surface area contributed by atoms with Crippen molar-refractivity contribution in [3.63, 3.8) is 0 Å². The van der Waals surface area contributed by atoms with Crippen LogP contribution in [0.5, 0.6) is 0 Å². The van der Waals surface area contributed by atoms with Crippen molar-refractivity contribution in [2.24, 2.45) is 0 Å². The summed E-state index contributed by atoms with van der Waals surface area (Å²) in [5.41, 5.74) is 1.16. The third-order valence-corrected chi connectivity index (χ3v) is 5.50. The summed E-state index contributed by atoms with van der Waals surface area (Å²) in [7, 11) is -3.81. The van der Waals surface area contributed by atoms with Crippen LogP contribution >= 0.6 is 23.2 Å². The summed E-state index contributed by atoms with van der Waals surface area (Å²) in [6.07, 6.45) is 1.07. The number of carbonyl (C=O) groups excluding carboxylic acids is 1. The van der Waals surface area contributed by atoms with E-state index in [9.17, 15) is 13.2 Å². The number of likely N-dealkylation sites (N-methyl/N-ethyl adjacent to an activating group) is 1. The Kier molecular flexibility index (Phi) is 7.46. The van der Waals surface area contributed by atoms with Crippen LogP contribution in [0, 0.1) is 0 Å². The molecule has 0 aliphatic heterocycles. The molecule has 0 saturated carbocycles. The number of sulfonamides is 1. The summed E-state index contributed by atoms with van der Waals surface area (Å²) in [5.74, 6) is 0. The molecule has 0 aliphatic carbocycles. The molecule has 130 valence electrons. The topological polar surface area (TPSA) is 88.4 Å². The van der Waals surface area contributed by atoms with E-state index in [1.165, 1.54) is 9.21 Å². The highest BCUT2D eigenvalue weighted by Gasteiger charge is 2.27. The number of hydrogen-bond acceptors (Lipinski definition) is 5. The molecule has 0 aliphatic rings. The molecule has 0 aromatic carbocycles. The van der Waals surface area contributed by atoms with Crippen LogP contribution < -0.4 is 0 Å². The first-order valence-electron chi connectivity index (χ1n) is 6.97. The van der Waals surface area contributed by atoms with Gasteiger partial charge in [-0.15, -0.1) is 5.10 Å². The zero-order chi connectivity index (χ0) is 17.6. The molecular formula is C12H19Cl2N5O3S. The van der Waals surface area contributed by atoms with E-state index in [1.807, 2.05) is 0 Å². The molecule has 23 heavy (non-hydrogen) atoms. The predicted octanol–water partition coefficient (Wildman–Crippen LogP) is 1.92. The molecule has 1 aromatic rings. The third-order valence-electron chi connectivity index (χ3n) is 3.06. The first-order chi connectivity index (χ1) is 10.8. The minimum Gasteiger partial charge on any atom is -0.318 e. The highest BCUT2D eigenvalue weighted by atomic mass is 35.5. The van der Waals surface area contributed by atoms with Gasteiger partial charge in [0.2, 0.25) is 0 Å². The Morgan fingerprint density at radius 1 is 1.30 bits per heavy atom. The fraction of sp³-hybridized carbons (Fsp3) is 0.583. The molecule has 0 saturated heterocycles. The van der Waals surface area contributed by atoms with Crippen molar-refractivity contribution < 1.29 is 13.2 Å². The fourth-order valence-corrected chi connectivity index (χ4v) is 3.31. The van der Waals surface area contributed by atoms with Crippen LogP contribution in [0.3, 0.4) is 0 Å². The Balaban J connectivity index is 3.05. The average molecular weight is 384 g/mol. The SMILES string of the molecule is CCN(C/C(Cl)=C/Cl)C(=O)n1cnc(S(=O)(=O)N(CC)CC)n1. The molecule has 0 unspecified atom stereocenters. The molecule has 0 fully saturated rings. The number of aromatic nitrogens is 3. The van der Waals surface area contributed by atoms with Gasteiger partial charge in [0, 0.05) is 30.2 Å². The van der Waals surface area contributed by atoms with E-state index in [2.05, 4.69) is 10.1 Å². The summed E-state index contributed by atoms with van der Waals surface area (Å²) < 4.78 is 26.7. The number of amides is 1. The van der Waals surface area contributed by atoms with Crippen molar-refractivity contribution in [2.45, 2.75) is 25.9 Å². The van der Waals surface area contributed by atoms with Crippen LogP contribution in [-0.4, -0.2) is 64.6 Å². The van der Waals surface area contributed by atoms with Gasteiger partial charge in [0.05, 0.1) is 6.54 Å². The maximum absolute atomic E-state index is 12.3. The van der Waals surface area contributed by atoms with E-state index < -0.39 is 21.2 Å². The van der Waals surface area contributed by atoms with E-state index in [0.29, 0.717) is 19.6 Å². The summed E-state index contributed by atoms with van der Waals surface area (Å²) >= 11 is 11.3. The van der Waals surface area contributed by atoms with Gasteiger partial charge in [-0.25, -0.2) is 18.2 Å². The highest BCUT2D eigenvalue weighted by molar-refractivity contribution is 7.88. The van der Waals surface area contributed by atoms with Gasteiger partial charge in [-0.1, -0.05) is 37.0 Å². The maximum atomic E-state index is 12.3. The number of halogens is 2. The first kappa shape index (κ1) is 19.9. The van der Waals surface area contributed by atoms with Gasteiger partial charge in [0.25, 0.3) is 15.2 Å². The minimum absolute atomic E-state index is 0.0956. The monoisotopic (exact) mass is 383 g/mol. The molecule has 0 N–H and O–H groups in total. The lowest BCUT2D eigenvalue weighted by Gasteiger charge is -2.19. The first-order valence-corrected chi connectivity index (χ1v) is 9.23. The third kappa shape index (κ3) is 4.66. The van der Waals surface area contributed by atoms with Crippen molar-refractivity contribution in [1.29, 1.82) is 0 Å². The Morgan fingerprint density at radius 2 is 1.91 bits per heavy atom. The summed E-state index contributed by atoms with van der Waals surface area (Å²) in [5, 5.41) is 3.65. The smallest absolute Gasteiger partial charge is 0.318 e. The normalized spacial score (nSPS) is 12.7. The fourth-order valence-electron chi connectivity index (χ4n) is 1.81. The van der Waals surface area contributed by atoms with Crippen LogP contribution in [0.15, 0.2) is 22.1 Å². The zero-order valence-electron chi connectivity index (χ0n) is 13.1. The second kappa shape index (κ2) is 8.62. The summed E-state index contributed by atoms with van der Waals surface area (Å²) in [4.78, 5) is 17.4. The van der Waals surface area contributed by atoms with Gasteiger partial charge in [0.1, 0.15) is 6.33 Å². The van der Waals surface area contributed by atoms with Gasteiger partial charge < -0.3 is 4.90 Å². The zero-order valence-corrected chi connectivity index (χ0v) is 15.4. The predicted molar refractivity (Wildman–Crippen MR) is 88.0 cm³/mol. The Bertz CT molecular complexity index is 670. The van der Waals surface area contributed by atoms with Gasteiger partial charge in [-0.05, 0) is 6.92 Å². The van der Waals surface area contributed by atoms with Crippen LogP contribution in [0.1, 0.15) is 20.8 Å². The Morgan fingerprint density at radius 3 is 2.39 bits per heavy atom. The number of nitrogens with zero attached hydrogens (tertiary/aromatic N) is 5. The van der Waals surface area contributed by atoms with E-state index in [1.54, 1.807) is 20.8 Å². The van der Waals surface area contributed by atoms with E-state index >= 15 is 0 Å². The van der Waals surface area contributed by atoms with E-state index in [-0.39, 0.29) is 11.6 Å². The van der Waals surface area contributed by atoms with Crippen molar-refractivity contribution >= 4 is 39.3 Å². The number of hydrogen-bond donors (Lipinski definition) is 0. The highest BCUT2D eigenvalue weighted by Crippen LogP contribution is 2.11. The van der Waals surface area contributed by atoms with Crippen molar-refractivity contribution in [1.82, 2.24) is 24.0 Å². The van der Waals surface area contributed by atoms with Gasteiger partial charge in [-0.3, -0.25) is 0 Å². The summed E-state index contributed by atoms with van der Waals surface area (Å²) in [6, 6.07) is -0.544. The standard InChI is InChI=1S/C12H19Cl2N5O3S/c1-4-17(8-10(14)7-13)12(20)19-9-15-11(16-19)23(21,22)18(5-2)6-3/h7,9H,4-6,8H2,1-3H3/b10-7-. The summed E-state index contributed by atoms with van der Waals surface area (Å²) in [6.45, 7) is 6.19. The Labute approximate surface area is 145 Å². The van der Waals surface area contributed by atoms with E-state index in [0.717, 1.165) is 16.5 Å². The van der Waals surface area contributed by atoms with Crippen LogP contribution in [0.4, 0.5) is 4.79 Å². The van der Waals surface area contributed by atoms with Crippen molar-refractivity contribution in [2.75, 3.05) is 26.2 Å². The van der Waals surface area contributed by atoms with Crippen molar-refractivity contribution in [3.05, 3.63) is 16.9 Å². The molecule has 8 nitrogen and oxygen atoms in total. The molecule has 0 atom stereocenters. The molecule has 0 radical (unpaired) electrons. The minimum atomic E-state index is -3.81. The number of rotatable bonds is 7. The second-order valence-corrected chi connectivity index (χ2v) is 6.95. The molecule has 1 heterocycles. The molecular weight excluding hydrogens is 365 g/mol. The van der Waals surface area contributed by atoms with Crippen LogP contribution in [-0.2, 0) is 10.0 Å². The molecule has 0 spiro atoms. The molecule has 11 heteroatoms. The largest absolute Gasteiger partial charge is 0.346 e. The lowest BCUT2D eigenvalue weighted by Crippen LogP contribution is -2.36. The van der Waals surface area contributed by atoms with Gasteiger partial charge in [0.15, 0.2) is 0 Å². The van der Waals surface area contributed by atoms with Gasteiger partial charge in [-0.2, -0.15) is 8.99 Å². The molecule has 0 bridgehead atoms. The van der Waals surface area contributed by atoms with Crippen molar-refractivity contribution in [3.8, 4) is 0 Å². The van der Waals surface area contributed by atoms with Gasteiger partial charge >= 0.3 is 6.03 Å². The van der Waals surface area contributed by atoms with Crippen LogP contribution in [0.25, 0.3) is 0 Å². The average Bonchev–Trinajstić information content (AvgIpc) is 3.03. The lowest BCUT2D eigenvalue weighted by atomic mass is 10.5.